The van der Waals surface area contributed by atoms with E-state index in [9.17, 15) is 49.1 Å². The highest BCUT2D eigenvalue weighted by atomic mass is 19.4. The Labute approximate surface area is 251 Å². The Bertz CT molecular complexity index is 1370. The number of carbonyl (C=O) groups excluding carboxylic acids is 2. The van der Waals surface area contributed by atoms with Crippen LogP contribution in [0.1, 0.15) is 60.6 Å². The van der Waals surface area contributed by atoms with Crippen LogP contribution >= 0.6 is 0 Å². The number of anilines is 1. The molecule has 2 amide bonds. The molecule has 1 aromatic heterocycles. The van der Waals surface area contributed by atoms with Crippen LogP contribution in [-0.2, 0) is 34.5 Å². The largest absolute Gasteiger partial charge is 0.453 e. The summed E-state index contributed by atoms with van der Waals surface area (Å²) in [5, 5.41) is 0. The number of likely N-dealkylation sites (tertiary alicyclic amines) is 1. The number of cyclic esters (lactones) is 1. The molecule has 0 bridgehead atoms. The summed E-state index contributed by atoms with van der Waals surface area (Å²) >= 11 is 0. The lowest BCUT2D eigenvalue weighted by Gasteiger charge is -2.39. The van der Waals surface area contributed by atoms with Gasteiger partial charge in [0.2, 0.25) is 0 Å². The number of hydrogen-bond donors (Lipinski definition) is 0. The van der Waals surface area contributed by atoms with Crippen LogP contribution in [-0.4, -0.2) is 65.8 Å². The second-order valence-corrected chi connectivity index (χ2v) is 10.7. The van der Waals surface area contributed by atoms with Crippen molar-refractivity contribution in [2.75, 3.05) is 31.6 Å². The van der Waals surface area contributed by atoms with Gasteiger partial charge in [0.1, 0.15) is 11.9 Å². The standard InChI is InChI=1S/C28H29F9N4O4/c1-4-40(21-5-7-39(8-6-21)24(42)44-3)23-17(11-20(13-38-23)28(35,36)37)14-41-15(2)22(45-25(41)43)16-9-18(26(29,30)31)12-19(10-16)27(32,33)34/h9-13,15,21-22H,4-8,14H2,1-3H3/t15?,22-/m0/s1. The summed E-state index contributed by atoms with van der Waals surface area (Å²) in [6.45, 7) is 3.40. The first-order valence-electron chi connectivity index (χ1n) is 13.8. The molecular formula is C28H29F9N4O4. The van der Waals surface area contributed by atoms with Crippen LogP contribution in [0.4, 0.5) is 54.9 Å². The second-order valence-electron chi connectivity index (χ2n) is 10.7. The Morgan fingerprint density at radius 2 is 1.51 bits per heavy atom. The number of piperidine rings is 1. The Kier molecular flexibility index (Phi) is 9.41. The number of methoxy groups -OCH3 is 1. The monoisotopic (exact) mass is 656 g/mol. The molecule has 0 aliphatic carbocycles. The molecule has 2 atom stereocenters. The third-order valence-corrected chi connectivity index (χ3v) is 7.89. The molecule has 4 rings (SSSR count). The summed E-state index contributed by atoms with van der Waals surface area (Å²) < 4.78 is 132. The van der Waals surface area contributed by atoms with Gasteiger partial charge in [-0.2, -0.15) is 39.5 Å². The number of pyridine rings is 1. The zero-order valence-corrected chi connectivity index (χ0v) is 24.2. The van der Waals surface area contributed by atoms with Crippen molar-refractivity contribution in [3.63, 3.8) is 0 Å². The summed E-state index contributed by atoms with van der Waals surface area (Å²) in [6, 6.07) is 0.198. The number of ether oxygens (including phenoxy) is 2. The Balaban J connectivity index is 1.68. The molecule has 2 aromatic rings. The molecule has 248 valence electrons. The van der Waals surface area contributed by atoms with E-state index < -0.39 is 71.7 Å². The number of benzene rings is 1. The van der Waals surface area contributed by atoms with Gasteiger partial charge in [0, 0.05) is 37.4 Å². The van der Waals surface area contributed by atoms with E-state index in [4.69, 9.17) is 9.47 Å². The normalized spacial score (nSPS) is 20.0. The first kappa shape index (κ1) is 34.0. The molecule has 3 heterocycles. The number of halogens is 9. The van der Waals surface area contributed by atoms with Gasteiger partial charge in [-0.15, -0.1) is 0 Å². The van der Waals surface area contributed by atoms with Gasteiger partial charge in [-0.25, -0.2) is 14.6 Å². The van der Waals surface area contributed by atoms with Gasteiger partial charge < -0.3 is 19.3 Å². The van der Waals surface area contributed by atoms with E-state index in [1.54, 1.807) is 11.8 Å². The van der Waals surface area contributed by atoms with Gasteiger partial charge in [0.05, 0.1) is 36.4 Å². The minimum atomic E-state index is -5.14. The molecule has 0 spiro atoms. The molecule has 0 saturated carbocycles. The van der Waals surface area contributed by atoms with Crippen LogP contribution in [0, 0.1) is 0 Å². The highest BCUT2D eigenvalue weighted by Gasteiger charge is 2.44. The van der Waals surface area contributed by atoms with E-state index in [1.807, 2.05) is 0 Å². The van der Waals surface area contributed by atoms with E-state index >= 15 is 0 Å². The molecule has 45 heavy (non-hydrogen) atoms. The molecule has 2 aliphatic rings. The number of aromatic nitrogens is 1. The molecule has 2 saturated heterocycles. The fourth-order valence-electron chi connectivity index (χ4n) is 5.59. The summed E-state index contributed by atoms with van der Waals surface area (Å²) in [6.07, 6.45) is -16.9. The molecule has 1 unspecified atom stereocenters. The molecule has 2 fully saturated rings. The van der Waals surface area contributed by atoms with Gasteiger partial charge in [-0.1, -0.05) is 0 Å². The van der Waals surface area contributed by atoms with Gasteiger partial charge in [-0.3, -0.25) is 4.90 Å². The molecule has 1 aromatic carbocycles. The predicted octanol–water partition coefficient (Wildman–Crippen LogP) is 7.28. The van der Waals surface area contributed by atoms with Crippen molar-refractivity contribution in [2.24, 2.45) is 0 Å². The molecule has 8 nitrogen and oxygen atoms in total. The maximum Gasteiger partial charge on any atom is 0.417 e. The third kappa shape index (κ3) is 7.32. The fourth-order valence-corrected chi connectivity index (χ4v) is 5.59. The summed E-state index contributed by atoms with van der Waals surface area (Å²) in [5.41, 5.74) is -4.96. The van der Waals surface area contributed by atoms with Crippen molar-refractivity contribution in [2.45, 2.75) is 70.0 Å². The van der Waals surface area contributed by atoms with Gasteiger partial charge in [0.25, 0.3) is 0 Å². The fraction of sp³-hybridized carbons (Fsp3) is 0.536. The smallest absolute Gasteiger partial charge is 0.417 e. The van der Waals surface area contributed by atoms with E-state index in [2.05, 4.69) is 4.98 Å². The quantitative estimate of drug-likeness (QED) is 0.305. The summed E-state index contributed by atoms with van der Waals surface area (Å²) in [7, 11) is 1.24. The summed E-state index contributed by atoms with van der Waals surface area (Å²) in [4.78, 5) is 33.1. The average molecular weight is 657 g/mol. The van der Waals surface area contributed by atoms with Crippen LogP contribution < -0.4 is 4.90 Å². The van der Waals surface area contributed by atoms with Crippen LogP contribution in [0.15, 0.2) is 30.5 Å². The highest BCUT2D eigenvalue weighted by molar-refractivity contribution is 5.71. The number of hydrogen-bond acceptors (Lipinski definition) is 6. The number of carbonyl (C=O) groups is 2. The van der Waals surface area contributed by atoms with Crippen molar-refractivity contribution < 1.29 is 58.6 Å². The number of nitrogens with zero attached hydrogens (tertiary/aromatic N) is 4. The van der Waals surface area contributed by atoms with Crippen LogP contribution in [0.25, 0.3) is 0 Å². The van der Waals surface area contributed by atoms with E-state index in [0.717, 1.165) is 11.0 Å². The molecule has 0 radical (unpaired) electrons. The van der Waals surface area contributed by atoms with Crippen molar-refractivity contribution in [1.29, 1.82) is 0 Å². The van der Waals surface area contributed by atoms with Crippen LogP contribution in [0.5, 0.6) is 0 Å². The lowest BCUT2D eigenvalue weighted by Crippen LogP contribution is -2.47. The highest BCUT2D eigenvalue weighted by Crippen LogP contribution is 2.42. The average Bonchev–Trinajstić information content (AvgIpc) is 3.25. The zero-order valence-electron chi connectivity index (χ0n) is 24.2. The minimum absolute atomic E-state index is 0.0573. The van der Waals surface area contributed by atoms with Gasteiger partial charge in [-0.05, 0) is 56.5 Å². The molecule has 0 N–H and O–H groups in total. The van der Waals surface area contributed by atoms with Crippen LogP contribution in [0.2, 0.25) is 0 Å². The Hall–Kier alpha value is -3.92. The lowest BCUT2D eigenvalue weighted by atomic mass is 9.97. The Morgan fingerprint density at radius 3 is 2.00 bits per heavy atom. The van der Waals surface area contributed by atoms with E-state index in [1.165, 1.54) is 18.9 Å². The predicted molar refractivity (Wildman–Crippen MR) is 140 cm³/mol. The summed E-state index contributed by atoms with van der Waals surface area (Å²) in [5.74, 6) is 0.101. The lowest BCUT2D eigenvalue weighted by molar-refractivity contribution is -0.143. The maximum absolute atomic E-state index is 13.7. The maximum atomic E-state index is 13.7. The minimum Gasteiger partial charge on any atom is -0.453 e. The number of alkyl halides is 9. The van der Waals surface area contributed by atoms with Crippen molar-refractivity contribution in [3.8, 4) is 0 Å². The molecule has 2 aliphatic heterocycles. The van der Waals surface area contributed by atoms with E-state index in [-0.39, 0.29) is 30.0 Å². The number of rotatable bonds is 6. The number of amides is 2. The molecule has 17 heteroatoms. The first-order valence-corrected chi connectivity index (χ1v) is 13.8. The topological polar surface area (TPSA) is 75.2 Å². The second kappa shape index (κ2) is 12.5. The van der Waals surface area contributed by atoms with E-state index in [0.29, 0.717) is 44.3 Å². The zero-order chi connectivity index (χ0) is 33.5. The van der Waals surface area contributed by atoms with Crippen LogP contribution in [0.3, 0.4) is 0 Å². The van der Waals surface area contributed by atoms with Gasteiger partial charge >= 0.3 is 30.7 Å². The third-order valence-electron chi connectivity index (χ3n) is 7.89. The Morgan fingerprint density at radius 1 is 0.956 bits per heavy atom. The van der Waals surface area contributed by atoms with Gasteiger partial charge in [0.15, 0.2) is 0 Å². The molecular weight excluding hydrogens is 627 g/mol. The van der Waals surface area contributed by atoms with Crippen molar-refractivity contribution >= 4 is 18.0 Å². The first-order chi connectivity index (χ1) is 20.8. The van der Waals surface area contributed by atoms with Crippen molar-refractivity contribution in [1.82, 2.24) is 14.8 Å². The SMILES string of the molecule is CCN(c1ncc(C(F)(F)F)cc1CN1C(=O)O[C@H](c2cc(C(F)(F)F)cc(C(F)(F)F)c2)C1C)C1CCN(C(=O)OC)CC1. The van der Waals surface area contributed by atoms with Crippen molar-refractivity contribution in [3.05, 3.63) is 58.3 Å².